The number of rotatable bonds is 6. The van der Waals surface area contributed by atoms with Crippen LogP contribution in [0.3, 0.4) is 0 Å². The van der Waals surface area contributed by atoms with Gasteiger partial charge >= 0.3 is 0 Å². The molecule has 1 saturated heterocycles. The third-order valence-corrected chi connectivity index (χ3v) is 3.43. The fraction of sp³-hybridized carbons (Fsp3) is 0.769. The third-order valence-electron chi connectivity index (χ3n) is 3.43. The molecule has 1 aliphatic rings. The third kappa shape index (κ3) is 4.28. The van der Waals surface area contributed by atoms with E-state index in [1.165, 1.54) is 6.33 Å². The van der Waals surface area contributed by atoms with Gasteiger partial charge in [0.15, 0.2) is 0 Å². The van der Waals surface area contributed by atoms with Crippen LogP contribution in [0.1, 0.15) is 30.9 Å². The lowest BCUT2D eigenvalue weighted by Crippen LogP contribution is -2.49. The van der Waals surface area contributed by atoms with E-state index in [2.05, 4.69) is 39.2 Å². The van der Waals surface area contributed by atoms with E-state index in [0.717, 1.165) is 32.7 Å². The van der Waals surface area contributed by atoms with Crippen LogP contribution in [0.25, 0.3) is 0 Å². The predicted octanol–water partition coefficient (Wildman–Crippen LogP) is 0.281. The summed E-state index contributed by atoms with van der Waals surface area (Å²) in [5.74, 6) is 0.643. The smallest absolute Gasteiger partial charge is 0.288 e. The largest absolute Gasteiger partial charge is 0.379 e. The van der Waals surface area contributed by atoms with Crippen molar-refractivity contribution in [3.8, 4) is 0 Å². The minimum Gasteiger partial charge on any atom is -0.379 e. The van der Waals surface area contributed by atoms with E-state index >= 15 is 0 Å². The van der Waals surface area contributed by atoms with Gasteiger partial charge in [-0.05, 0) is 12.3 Å². The molecule has 2 heterocycles. The molecule has 2 N–H and O–H groups in total. The maximum absolute atomic E-state index is 11.9. The number of carbonyl (C=O) groups excluding carboxylic acids is 1. The Hall–Kier alpha value is -1.47. The monoisotopic (exact) mass is 281 g/mol. The van der Waals surface area contributed by atoms with Crippen molar-refractivity contribution < 1.29 is 9.53 Å². The number of H-pyrrole nitrogens is 1. The number of carbonyl (C=O) groups is 1. The Kier molecular flexibility index (Phi) is 5.49. The number of morpholine rings is 1. The SMILES string of the molecule is CC(C)CC(CNC(=O)c1ncn[nH]1)N1CCOCC1. The minimum atomic E-state index is -0.204. The van der Waals surface area contributed by atoms with Crippen molar-refractivity contribution >= 4 is 5.91 Å². The van der Waals surface area contributed by atoms with Crippen LogP contribution in [0, 0.1) is 5.92 Å². The molecule has 1 atom stereocenters. The van der Waals surface area contributed by atoms with E-state index in [9.17, 15) is 4.79 Å². The maximum Gasteiger partial charge on any atom is 0.288 e. The fourth-order valence-electron chi connectivity index (χ4n) is 2.46. The Morgan fingerprint density at radius 1 is 1.50 bits per heavy atom. The Balaban J connectivity index is 1.88. The topological polar surface area (TPSA) is 83.1 Å². The average molecular weight is 281 g/mol. The average Bonchev–Trinajstić information content (AvgIpc) is 2.98. The normalized spacial score (nSPS) is 18.1. The number of aromatic nitrogens is 3. The number of nitrogens with zero attached hydrogens (tertiary/aromatic N) is 3. The van der Waals surface area contributed by atoms with Crippen molar-refractivity contribution in [1.82, 2.24) is 25.4 Å². The van der Waals surface area contributed by atoms with E-state index in [1.54, 1.807) is 0 Å². The molecule has 1 aromatic rings. The lowest BCUT2D eigenvalue weighted by Gasteiger charge is -2.35. The summed E-state index contributed by atoms with van der Waals surface area (Å²) >= 11 is 0. The van der Waals surface area contributed by atoms with Gasteiger partial charge in [0.05, 0.1) is 13.2 Å². The summed E-state index contributed by atoms with van der Waals surface area (Å²) in [7, 11) is 0. The van der Waals surface area contributed by atoms with Gasteiger partial charge in [-0.2, -0.15) is 5.10 Å². The molecule has 1 aromatic heterocycles. The Morgan fingerprint density at radius 3 is 2.85 bits per heavy atom. The number of ether oxygens (including phenoxy) is 1. The molecule has 1 amide bonds. The quantitative estimate of drug-likeness (QED) is 0.782. The standard InChI is InChI=1S/C13H23N5O2/c1-10(2)7-11(18-3-5-20-6-4-18)8-14-13(19)12-15-9-16-17-12/h9-11H,3-8H2,1-2H3,(H,14,19)(H,15,16,17). The molecule has 2 rings (SSSR count). The highest BCUT2D eigenvalue weighted by molar-refractivity contribution is 5.90. The molecule has 20 heavy (non-hydrogen) atoms. The highest BCUT2D eigenvalue weighted by atomic mass is 16.5. The summed E-state index contributed by atoms with van der Waals surface area (Å²) in [6, 6.07) is 0.339. The highest BCUT2D eigenvalue weighted by Crippen LogP contribution is 2.13. The van der Waals surface area contributed by atoms with E-state index in [0.29, 0.717) is 18.5 Å². The van der Waals surface area contributed by atoms with Crippen molar-refractivity contribution in [3.63, 3.8) is 0 Å². The molecule has 1 aliphatic heterocycles. The van der Waals surface area contributed by atoms with E-state index in [4.69, 9.17) is 4.74 Å². The molecule has 1 fully saturated rings. The van der Waals surface area contributed by atoms with Crippen molar-refractivity contribution in [3.05, 3.63) is 12.2 Å². The molecule has 112 valence electrons. The second-order valence-electron chi connectivity index (χ2n) is 5.48. The van der Waals surface area contributed by atoms with Crippen molar-refractivity contribution in [2.24, 2.45) is 5.92 Å². The predicted molar refractivity (Wildman–Crippen MR) is 74.4 cm³/mol. The number of aromatic amines is 1. The number of hydrogen-bond donors (Lipinski definition) is 2. The van der Waals surface area contributed by atoms with Gasteiger partial charge in [-0.3, -0.25) is 14.8 Å². The fourth-order valence-corrected chi connectivity index (χ4v) is 2.46. The lowest BCUT2D eigenvalue weighted by molar-refractivity contribution is 0.0124. The summed E-state index contributed by atoms with van der Waals surface area (Å²) in [5, 5.41) is 9.19. The van der Waals surface area contributed by atoms with Crippen molar-refractivity contribution in [1.29, 1.82) is 0 Å². The molecule has 1 unspecified atom stereocenters. The van der Waals surface area contributed by atoms with Gasteiger partial charge in [0, 0.05) is 25.7 Å². The number of amides is 1. The van der Waals surface area contributed by atoms with Crippen LogP contribution in [0.2, 0.25) is 0 Å². The van der Waals surface area contributed by atoms with Crippen LogP contribution in [0.5, 0.6) is 0 Å². The van der Waals surface area contributed by atoms with E-state index in [1.807, 2.05) is 0 Å². The maximum atomic E-state index is 11.9. The number of hydrogen-bond acceptors (Lipinski definition) is 5. The van der Waals surface area contributed by atoms with Crippen LogP contribution < -0.4 is 5.32 Å². The van der Waals surface area contributed by atoms with Gasteiger partial charge in [-0.1, -0.05) is 13.8 Å². The Morgan fingerprint density at radius 2 is 2.25 bits per heavy atom. The Bertz CT molecular complexity index is 401. The first kappa shape index (κ1) is 14.9. The van der Waals surface area contributed by atoms with Crippen LogP contribution in [0.15, 0.2) is 6.33 Å². The molecule has 0 aliphatic carbocycles. The zero-order valence-corrected chi connectivity index (χ0v) is 12.1. The molecular formula is C13H23N5O2. The Labute approximate surface area is 119 Å². The molecule has 0 aromatic carbocycles. The van der Waals surface area contributed by atoms with Crippen LogP contribution in [-0.4, -0.2) is 64.9 Å². The first-order valence-electron chi connectivity index (χ1n) is 7.12. The molecular weight excluding hydrogens is 258 g/mol. The molecule has 7 heteroatoms. The minimum absolute atomic E-state index is 0.204. The first-order valence-corrected chi connectivity index (χ1v) is 7.12. The van der Waals surface area contributed by atoms with Gasteiger partial charge in [-0.25, -0.2) is 4.98 Å². The summed E-state index contributed by atoms with van der Waals surface area (Å²) in [5.41, 5.74) is 0. The van der Waals surface area contributed by atoms with Crippen molar-refractivity contribution in [2.45, 2.75) is 26.3 Å². The second kappa shape index (κ2) is 7.35. The van der Waals surface area contributed by atoms with Crippen LogP contribution in [0.4, 0.5) is 0 Å². The van der Waals surface area contributed by atoms with Crippen molar-refractivity contribution in [2.75, 3.05) is 32.8 Å². The summed E-state index contributed by atoms with van der Waals surface area (Å²) < 4.78 is 5.39. The molecule has 0 bridgehead atoms. The van der Waals surface area contributed by atoms with E-state index < -0.39 is 0 Å². The summed E-state index contributed by atoms with van der Waals surface area (Å²) in [6.07, 6.45) is 2.39. The van der Waals surface area contributed by atoms with Crippen LogP contribution >= 0.6 is 0 Å². The zero-order valence-electron chi connectivity index (χ0n) is 12.1. The number of nitrogens with one attached hydrogen (secondary N) is 2. The van der Waals surface area contributed by atoms with Crippen LogP contribution in [-0.2, 0) is 4.74 Å². The van der Waals surface area contributed by atoms with Gasteiger partial charge in [-0.15, -0.1) is 0 Å². The van der Waals surface area contributed by atoms with Gasteiger partial charge in [0.1, 0.15) is 6.33 Å². The highest BCUT2D eigenvalue weighted by Gasteiger charge is 2.22. The summed E-state index contributed by atoms with van der Waals surface area (Å²) in [6.45, 7) is 8.41. The molecule has 0 radical (unpaired) electrons. The first-order chi connectivity index (χ1) is 9.66. The van der Waals surface area contributed by atoms with Gasteiger partial charge in [0.2, 0.25) is 5.82 Å². The molecule has 7 nitrogen and oxygen atoms in total. The van der Waals surface area contributed by atoms with E-state index in [-0.39, 0.29) is 11.7 Å². The second-order valence-corrected chi connectivity index (χ2v) is 5.48. The molecule has 0 saturated carbocycles. The zero-order chi connectivity index (χ0) is 14.4. The lowest BCUT2D eigenvalue weighted by atomic mass is 10.0. The molecule has 0 spiro atoms. The van der Waals surface area contributed by atoms with Gasteiger partial charge < -0.3 is 10.1 Å². The summed E-state index contributed by atoms with van der Waals surface area (Å²) in [4.78, 5) is 18.1. The van der Waals surface area contributed by atoms with Gasteiger partial charge in [0.25, 0.3) is 5.91 Å².